The third-order valence-corrected chi connectivity index (χ3v) is 4.51. The van der Waals surface area contributed by atoms with Gasteiger partial charge in [-0.1, -0.05) is 0 Å². The monoisotopic (exact) mass is 303 g/mol. The lowest BCUT2D eigenvalue weighted by atomic mass is 10.3. The molecule has 1 aromatic heterocycles. The fourth-order valence-corrected chi connectivity index (χ4v) is 2.77. The smallest absolute Gasteiger partial charge is 0.311 e. The molecule has 1 atom stereocenters. The number of aromatic nitrogens is 1. The molecule has 0 amide bonds. The molecule has 9 heteroatoms. The van der Waals surface area contributed by atoms with Gasteiger partial charge < -0.3 is 4.74 Å². The fourth-order valence-electron chi connectivity index (χ4n) is 1.07. The second-order valence-electron chi connectivity index (χ2n) is 3.54. The van der Waals surface area contributed by atoms with Crippen LogP contribution in [0.1, 0.15) is 19.5 Å². The highest BCUT2D eigenvalue weighted by molar-refractivity contribution is 7.93. The van der Waals surface area contributed by atoms with E-state index in [1.54, 1.807) is 18.4 Å². The summed E-state index contributed by atoms with van der Waals surface area (Å²) in [6.07, 6.45) is -0.0140. The van der Waals surface area contributed by atoms with Gasteiger partial charge >= 0.3 is 5.97 Å². The Hall–Kier alpha value is -1.66. The lowest BCUT2D eigenvalue weighted by Gasteiger charge is -2.05. The highest BCUT2D eigenvalue weighted by Crippen LogP contribution is 2.18. The van der Waals surface area contributed by atoms with E-state index in [4.69, 9.17) is 10.00 Å². The van der Waals surface area contributed by atoms with Gasteiger partial charge in [-0.25, -0.2) is 13.4 Å². The van der Waals surface area contributed by atoms with E-state index >= 15 is 0 Å². The Morgan fingerprint density at radius 1 is 1.68 bits per heavy atom. The molecule has 104 valence electrons. The van der Waals surface area contributed by atoms with Crippen LogP contribution in [0.3, 0.4) is 0 Å². The zero-order chi connectivity index (χ0) is 14.5. The van der Waals surface area contributed by atoms with Gasteiger partial charge in [0, 0.05) is 5.38 Å². The lowest BCUT2D eigenvalue weighted by Crippen LogP contribution is -2.23. The lowest BCUT2D eigenvalue weighted by molar-refractivity contribution is -0.142. The number of esters is 1. The van der Waals surface area contributed by atoms with Crippen molar-refractivity contribution >= 4 is 32.5 Å². The van der Waals surface area contributed by atoms with Gasteiger partial charge in [-0.3, -0.25) is 9.52 Å². The maximum atomic E-state index is 11.6. The van der Waals surface area contributed by atoms with Crippen molar-refractivity contribution in [1.82, 2.24) is 4.98 Å². The van der Waals surface area contributed by atoms with Gasteiger partial charge in [0.15, 0.2) is 10.4 Å². The molecule has 19 heavy (non-hydrogen) atoms. The number of hydrogen-bond donors (Lipinski definition) is 1. The van der Waals surface area contributed by atoms with Crippen molar-refractivity contribution < 1.29 is 17.9 Å². The van der Waals surface area contributed by atoms with Crippen LogP contribution in [-0.4, -0.2) is 31.2 Å². The Morgan fingerprint density at radius 2 is 2.37 bits per heavy atom. The van der Waals surface area contributed by atoms with Crippen LogP contribution in [0.25, 0.3) is 0 Å². The van der Waals surface area contributed by atoms with Crippen molar-refractivity contribution in [3.8, 4) is 6.07 Å². The molecule has 0 aliphatic heterocycles. The highest BCUT2D eigenvalue weighted by Gasteiger charge is 2.21. The van der Waals surface area contributed by atoms with Crippen LogP contribution in [0.15, 0.2) is 5.38 Å². The first-order valence-electron chi connectivity index (χ1n) is 5.40. The summed E-state index contributed by atoms with van der Waals surface area (Å²) in [6.45, 7) is 3.25. The standard InChI is InChI=1S/C10H13N3O4S2/c1-3-17-9(14)4-8-6-18-10(12-8)13-19(15,16)7(2)5-11/h6-7H,3-4H2,1-2H3,(H,12,13). The van der Waals surface area contributed by atoms with Crippen molar-refractivity contribution in [1.29, 1.82) is 5.26 Å². The quantitative estimate of drug-likeness (QED) is 0.782. The minimum absolute atomic E-state index is 0.0140. The number of nitrogens with one attached hydrogen (secondary N) is 1. The van der Waals surface area contributed by atoms with E-state index in [1.807, 2.05) is 0 Å². The number of carbonyl (C=O) groups is 1. The summed E-state index contributed by atoms with van der Waals surface area (Å²) in [6, 6.07) is 1.63. The van der Waals surface area contributed by atoms with Crippen molar-refractivity contribution in [2.24, 2.45) is 0 Å². The summed E-state index contributed by atoms with van der Waals surface area (Å²) in [5.41, 5.74) is 0.422. The molecule has 1 rings (SSSR count). The van der Waals surface area contributed by atoms with Crippen LogP contribution >= 0.6 is 11.3 Å². The molecule has 0 bridgehead atoms. The van der Waals surface area contributed by atoms with Crippen LogP contribution in [0, 0.1) is 11.3 Å². The molecule has 1 heterocycles. The predicted octanol–water partition coefficient (Wildman–Crippen LogP) is 0.902. The van der Waals surface area contributed by atoms with Crippen LogP contribution in [0.5, 0.6) is 0 Å². The second-order valence-corrected chi connectivity index (χ2v) is 6.40. The van der Waals surface area contributed by atoms with Crippen molar-refractivity contribution in [3.63, 3.8) is 0 Å². The largest absolute Gasteiger partial charge is 0.466 e. The number of sulfonamides is 1. The van der Waals surface area contributed by atoms with Gasteiger partial charge in [0.1, 0.15) is 0 Å². The molecule has 1 aromatic rings. The normalized spacial score (nSPS) is 12.5. The van der Waals surface area contributed by atoms with Gasteiger partial charge in [0.2, 0.25) is 0 Å². The third kappa shape index (κ3) is 4.50. The molecule has 7 nitrogen and oxygen atoms in total. The van der Waals surface area contributed by atoms with Gasteiger partial charge in [0.25, 0.3) is 10.0 Å². The molecule has 0 saturated heterocycles. The summed E-state index contributed by atoms with van der Waals surface area (Å²) in [5.74, 6) is -0.424. The minimum atomic E-state index is -3.77. The first kappa shape index (κ1) is 15.4. The first-order chi connectivity index (χ1) is 8.89. The Bertz CT molecular complexity index is 588. The number of nitrogens with zero attached hydrogens (tertiary/aromatic N) is 2. The second kappa shape index (κ2) is 6.49. The molecule has 0 spiro atoms. The average molecular weight is 303 g/mol. The van der Waals surface area contributed by atoms with E-state index in [0.29, 0.717) is 5.69 Å². The molecule has 1 N–H and O–H groups in total. The number of ether oxygens (including phenoxy) is 1. The SMILES string of the molecule is CCOC(=O)Cc1csc(NS(=O)(=O)C(C)C#N)n1. The van der Waals surface area contributed by atoms with Crippen LogP contribution in [0.4, 0.5) is 5.13 Å². The first-order valence-corrected chi connectivity index (χ1v) is 7.83. The maximum Gasteiger partial charge on any atom is 0.311 e. The molecule has 0 aromatic carbocycles. The number of rotatable bonds is 6. The van der Waals surface area contributed by atoms with Gasteiger partial charge in [-0.2, -0.15) is 5.26 Å². The minimum Gasteiger partial charge on any atom is -0.466 e. The Kier molecular flexibility index (Phi) is 5.26. The van der Waals surface area contributed by atoms with E-state index in [0.717, 1.165) is 11.3 Å². The zero-order valence-electron chi connectivity index (χ0n) is 10.4. The van der Waals surface area contributed by atoms with Gasteiger partial charge in [0.05, 0.1) is 24.8 Å². The van der Waals surface area contributed by atoms with Gasteiger partial charge in [-0.05, 0) is 13.8 Å². The van der Waals surface area contributed by atoms with E-state index in [9.17, 15) is 13.2 Å². The number of carbonyl (C=O) groups excluding carboxylic acids is 1. The fraction of sp³-hybridized carbons (Fsp3) is 0.500. The Balaban J connectivity index is 2.71. The highest BCUT2D eigenvalue weighted by atomic mass is 32.2. The van der Waals surface area contributed by atoms with Crippen molar-refractivity contribution in [3.05, 3.63) is 11.1 Å². The topological polar surface area (TPSA) is 109 Å². The van der Waals surface area contributed by atoms with Gasteiger partial charge in [-0.15, -0.1) is 11.3 Å². The zero-order valence-corrected chi connectivity index (χ0v) is 12.0. The number of nitriles is 1. The van der Waals surface area contributed by atoms with Crippen LogP contribution in [0.2, 0.25) is 0 Å². The summed E-state index contributed by atoms with van der Waals surface area (Å²) in [4.78, 5) is 15.2. The maximum absolute atomic E-state index is 11.6. The summed E-state index contributed by atoms with van der Waals surface area (Å²) in [5, 5.41) is 9.10. The summed E-state index contributed by atoms with van der Waals surface area (Å²) >= 11 is 1.05. The molecule has 0 aliphatic carbocycles. The number of hydrogen-bond acceptors (Lipinski definition) is 7. The molecular formula is C10H13N3O4S2. The third-order valence-electron chi connectivity index (χ3n) is 2.06. The number of anilines is 1. The van der Waals surface area contributed by atoms with E-state index < -0.39 is 21.2 Å². The van der Waals surface area contributed by atoms with E-state index in [1.165, 1.54) is 6.92 Å². The summed E-state index contributed by atoms with van der Waals surface area (Å²) < 4.78 is 30.2. The molecule has 0 radical (unpaired) electrons. The Labute approximate surface area is 115 Å². The van der Waals surface area contributed by atoms with E-state index in [2.05, 4.69) is 9.71 Å². The van der Waals surface area contributed by atoms with Crippen LogP contribution < -0.4 is 4.72 Å². The van der Waals surface area contributed by atoms with Crippen LogP contribution in [-0.2, 0) is 26.0 Å². The van der Waals surface area contributed by atoms with E-state index in [-0.39, 0.29) is 18.2 Å². The average Bonchev–Trinajstić information content (AvgIpc) is 2.74. The van der Waals surface area contributed by atoms with Crippen molar-refractivity contribution in [2.75, 3.05) is 11.3 Å². The molecular weight excluding hydrogens is 290 g/mol. The predicted molar refractivity (Wildman–Crippen MR) is 70.1 cm³/mol. The molecule has 1 unspecified atom stereocenters. The molecule has 0 fully saturated rings. The molecule has 0 aliphatic rings. The number of thiazole rings is 1. The Morgan fingerprint density at radius 3 is 2.95 bits per heavy atom. The summed E-state index contributed by atoms with van der Waals surface area (Å²) in [7, 11) is -3.77. The van der Waals surface area contributed by atoms with Crippen molar-refractivity contribution in [2.45, 2.75) is 25.5 Å². The molecule has 0 saturated carbocycles.